The number of piperazine rings is 1. The van der Waals surface area contributed by atoms with Crippen LogP contribution < -0.4 is 25.9 Å². The molecule has 13 rings (SSSR count). The molecule has 18 nitrogen and oxygen atoms in total. The minimum atomic E-state index is -4.57. The first-order valence-electron chi connectivity index (χ1n) is 31.4. The Morgan fingerprint density at radius 1 is 0.892 bits per heavy atom. The summed E-state index contributed by atoms with van der Waals surface area (Å²) in [5.74, 6) is -0.223. The first kappa shape index (κ1) is 57.0. The zero-order valence-corrected chi connectivity index (χ0v) is 49.0. The van der Waals surface area contributed by atoms with Crippen molar-refractivity contribution in [1.29, 1.82) is 0 Å². The predicted molar refractivity (Wildman–Crippen MR) is 308 cm³/mol. The van der Waals surface area contributed by atoms with E-state index >= 15 is 22.8 Å². The average Bonchev–Trinajstić information content (AvgIpc) is 2.32. The Hall–Kier alpha value is -5.06. The number of nitrogens with zero attached hydrogens (tertiary/aromatic N) is 8. The van der Waals surface area contributed by atoms with Gasteiger partial charge >= 0.3 is 12.1 Å². The number of alkyl halides is 3. The molecule has 3 amide bonds. The van der Waals surface area contributed by atoms with Crippen molar-refractivity contribution in [3.8, 4) is 11.3 Å². The summed E-state index contributed by atoms with van der Waals surface area (Å²) in [6.45, 7) is 15.6. The van der Waals surface area contributed by atoms with Crippen molar-refractivity contribution in [2.45, 2.75) is 166 Å². The van der Waals surface area contributed by atoms with Gasteiger partial charge in [0.15, 0.2) is 0 Å². The van der Waals surface area contributed by atoms with Crippen molar-refractivity contribution in [2.24, 2.45) is 22.7 Å². The number of pyridine rings is 1. The van der Waals surface area contributed by atoms with E-state index in [9.17, 15) is 9.59 Å². The molecule has 2 aromatic heterocycles. The highest BCUT2D eigenvalue weighted by molar-refractivity contribution is 5.95. The van der Waals surface area contributed by atoms with Gasteiger partial charge in [-0.15, -0.1) is 0 Å². The zero-order chi connectivity index (χ0) is 57.5. The van der Waals surface area contributed by atoms with Crippen LogP contribution in [0.15, 0.2) is 30.5 Å². The lowest BCUT2D eigenvalue weighted by Gasteiger charge is -2.44. The number of hydrogen-bond acceptors (Lipinski definition) is 14. The normalized spacial score (nSPS) is 30.7. The Morgan fingerprint density at radius 2 is 1.70 bits per heavy atom. The summed E-state index contributed by atoms with van der Waals surface area (Å²) in [7, 11) is 0. The van der Waals surface area contributed by atoms with Crippen LogP contribution in [0, 0.1) is 22.7 Å². The fourth-order valence-corrected chi connectivity index (χ4v) is 15.8. The smallest absolute Gasteiger partial charge is 0.406 e. The molecule has 3 N–H and O–H groups in total. The quantitative estimate of drug-likeness (QED) is 0.163. The molecule has 0 radical (unpaired) electrons. The Balaban J connectivity index is 0.827. The molecule has 452 valence electrons. The van der Waals surface area contributed by atoms with Gasteiger partial charge in [-0.3, -0.25) is 44.3 Å². The predicted octanol–water partition coefficient (Wildman–Crippen LogP) is 5.84. The second-order valence-electron chi connectivity index (χ2n) is 27.4. The topological polar surface area (TPSA) is 179 Å². The van der Waals surface area contributed by atoms with Crippen molar-refractivity contribution < 1.29 is 46.6 Å². The van der Waals surface area contributed by atoms with E-state index in [1.807, 2.05) is 58.2 Å². The number of likely N-dealkylation sites (tertiary alicyclic amines) is 2. The van der Waals surface area contributed by atoms with Gasteiger partial charge < -0.3 is 38.8 Å². The fourth-order valence-electron chi connectivity index (χ4n) is 15.8. The van der Waals surface area contributed by atoms with Gasteiger partial charge in [-0.25, -0.2) is 5.43 Å². The first-order valence-corrected chi connectivity index (χ1v) is 31.4. The summed E-state index contributed by atoms with van der Waals surface area (Å²) in [5, 5.41) is 8.94. The van der Waals surface area contributed by atoms with Crippen LogP contribution in [0.4, 0.5) is 24.5 Å². The number of ether oxygens (including phenoxy) is 3. The molecule has 7 saturated heterocycles. The molecule has 1 aromatic carbocycles. The maximum absolute atomic E-state index is 15.3. The van der Waals surface area contributed by atoms with E-state index in [1.54, 1.807) is 0 Å². The van der Waals surface area contributed by atoms with E-state index < -0.39 is 48.3 Å². The molecule has 2 aliphatic carbocycles. The minimum Gasteiger partial charge on any atom is -0.464 e. The Morgan fingerprint density at radius 3 is 2.49 bits per heavy atom. The maximum Gasteiger partial charge on any atom is 0.406 e. The molecule has 10 aliphatic rings. The summed E-state index contributed by atoms with van der Waals surface area (Å²) >= 11 is 0. The number of nitrogens with one attached hydrogen (secondary N) is 3. The van der Waals surface area contributed by atoms with Gasteiger partial charge in [0.1, 0.15) is 24.7 Å². The number of halogens is 3. The monoisotopic (exact) mass is 1150 g/mol. The zero-order valence-electron chi connectivity index (χ0n) is 49.0. The Kier molecular flexibility index (Phi) is 15.6. The van der Waals surface area contributed by atoms with Gasteiger partial charge in [0.05, 0.1) is 67.9 Å². The third-order valence-electron chi connectivity index (χ3n) is 20.4. The number of fused-ring (bicyclic) bond motifs is 7. The molecule has 21 heteroatoms. The molecule has 9 fully saturated rings. The number of amides is 3. The SMILES string of the molecule is CC(C)c1ncc(N2CCN3CCOC[C@@H]3C2)cc1-c1c2c3cc(ccc3n1CC(F)(F)F)N1CCO[C@@H](C[C@H](NC(=O)[C@H](C3CCCC3)N3CC[C@]4(CCN(C(=O)[C@@H]5N[C@@H]5C5CC5)C4)C3)C(=O)N3CCC[C@H](N3)C(=O)OCC(C)(C)C2)C1. The lowest BCUT2D eigenvalue weighted by atomic mass is 9.84. The van der Waals surface area contributed by atoms with E-state index in [4.69, 9.17) is 19.2 Å². The van der Waals surface area contributed by atoms with Crippen molar-refractivity contribution in [2.75, 3.05) is 108 Å². The van der Waals surface area contributed by atoms with E-state index in [0.29, 0.717) is 112 Å². The number of carbonyl (C=O) groups excluding carboxylic acids is 4. The molecule has 10 heterocycles. The van der Waals surface area contributed by atoms with Gasteiger partial charge in [-0.05, 0) is 112 Å². The number of hydrazine groups is 1. The standard InChI is InChI=1S/C62H86F3N11O7/c1-38(2)51-46(27-42(30-66-51)71-21-20-70-22-24-81-33-43(70)31-71)55-47-29-60(3,4)37-83-59(80)48-10-7-17-76(69-48)57(78)49(28-44-32-72(23-25-82-44)41-13-14-50(45(47)26-41)75(55)36-62(63,64)65)67-56(77)54(40-8-5-6-9-40)73-18-15-61(34-73)16-19-74(35-61)58(79)53-52(68-53)39-11-12-39/h13-14,26-27,30,38-40,43-44,48-49,52-54,68-69H,5-12,15-25,28-29,31-37H2,1-4H3,(H,67,77)/t43-,44-,48-,49-,52+,53+,54-,61-/m0/s1. The van der Waals surface area contributed by atoms with Crippen molar-refractivity contribution in [1.82, 2.24) is 45.3 Å². The summed E-state index contributed by atoms with van der Waals surface area (Å²) in [5.41, 5.74) is 6.96. The van der Waals surface area contributed by atoms with Crippen LogP contribution in [0.5, 0.6) is 0 Å². The molecule has 8 aliphatic heterocycles. The summed E-state index contributed by atoms with van der Waals surface area (Å²) in [4.78, 5) is 74.8. The number of morpholine rings is 2. The van der Waals surface area contributed by atoms with Crippen LogP contribution >= 0.6 is 0 Å². The summed E-state index contributed by atoms with van der Waals surface area (Å²) < 4.78 is 65.8. The number of esters is 1. The first-order chi connectivity index (χ1) is 39.9. The number of aromatic nitrogens is 2. The fraction of sp³-hybridized carbons (Fsp3) is 0.726. The Labute approximate surface area is 485 Å². The highest BCUT2D eigenvalue weighted by Crippen LogP contribution is 2.47. The minimum absolute atomic E-state index is 0.0385. The lowest BCUT2D eigenvalue weighted by Crippen LogP contribution is -2.62. The molecule has 0 unspecified atom stereocenters. The molecule has 83 heavy (non-hydrogen) atoms. The molecular weight excluding hydrogens is 1070 g/mol. The molecule has 8 atom stereocenters. The van der Waals surface area contributed by atoms with Crippen LogP contribution in [0.2, 0.25) is 0 Å². The molecule has 3 aromatic rings. The van der Waals surface area contributed by atoms with Crippen LogP contribution in [0.3, 0.4) is 0 Å². The van der Waals surface area contributed by atoms with Crippen molar-refractivity contribution in [3.05, 3.63) is 41.7 Å². The Bertz CT molecular complexity index is 2950. The number of hydrogen-bond donors (Lipinski definition) is 3. The average molecular weight is 1150 g/mol. The third-order valence-corrected chi connectivity index (χ3v) is 20.4. The van der Waals surface area contributed by atoms with Crippen molar-refractivity contribution >= 4 is 46.0 Å². The van der Waals surface area contributed by atoms with Crippen LogP contribution in [-0.4, -0.2) is 200 Å². The van der Waals surface area contributed by atoms with Crippen molar-refractivity contribution in [3.63, 3.8) is 0 Å². The van der Waals surface area contributed by atoms with Gasteiger partial charge in [-0.1, -0.05) is 40.5 Å². The number of benzene rings is 1. The number of rotatable bonds is 10. The third kappa shape index (κ3) is 11.9. The second-order valence-corrected chi connectivity index (χ2v) is 27.4. The van der Waals surface area contributed by atoms with Gasteiger partial charge in [-0.2, -0.15) is 13.2 Å². The molecule has 2 saturated carbocycles. The van der Waals surface area contributed by atoms with E-state index in [-0.39, 0.29) is 66.5 Å². The largest absolute Gasteiger partial charge is 0.464 e. The molecular formula is C62H86F3N11O7. The highest BCUT2D eigenvalue weighted by atomic mass is 19.4. The summed E-state index contributed by atoms with van der Waals surface area (Å²) in [6.07, 6.45) is 6.24. The van der Waals surface area contributed by atoms with Crippen LogP contribution in [0.1, 0.15) is 115 Å². The van der Waals surface area contributed by atoms with Gasteiger partial charge in [0, 0.05) is 111 Å². The van der Waals surface area contributed by atoms with E-state index in [1.165, 1.54) is 22.4 Å². The summed E-state index contributed by atoms with van der Waals surface area (Å²) in [6, 6.07) is 5.90. The number of cyclic esters (lactones) is 1. The molecule has 1 spiro atoms. The number of anilines is 2. The molecule has 6 bridgehead atoms. The van der Waals surface area contributed by atoms with Crippen LogP contribution in [-0.2, 0) is 46.4 Å². The van der Waals surface area contributed by atoms with E-state index in [2.05, 4.69) is 40.6 Å². The van der Waals surface area contributed by atoms with Crippen LogP contribution in [0.25, 0.3) is 22.2 Å². The van der Waals surface area contributed by atoms with E-state index in [0.717, 1.165) is 88.2 Å². The highest BCUT2D eigenvalue weighted by Gasteiger charge is 2.55. The van der Waals surface area contributed by atoms with Gasteiger partial charge in [0.2, 0.25) is 11.8 Å². The number of carbonyl (C=O) groups is 4. The van der Waals surface area contributed by atoms with Gasteiger partial charge in [0.25, 0.3) is 5.91 Å². The lowest BCUT2D eigenvalue weighted by molar-refractivity contribution is -0.156. The maximum atomic E-state index is 15.3. The second kappa shape index (κ2) is 22.7.